The highest BCUT2D eigenvalue weighted by Crippen LogP contribution is 2.20. The maximum Gasteiger partial charge on any atom is 0.191 e. The fraction of sp³-hybridized carbons (Fsp3) is 0.650. The number of aliphatic imine (C=N–C) groups is 1. The van der Waals surface area contributed by atoms with E-state index in [0.29, 0.717) is 13.2 Å². The predicted octanol–water partition coefficient (Wildman–Crippen LogP) is 2.31. The van der Waals surface area contributed by atoms with E-state index in [-0.39, 0.29) is 24.0 Å². The van der Waals surface area contributed by atoms with E-state index in [4.69, 9.17) is 4.74 Å². The van der Waals surface area contributed by atoms with Gasteiger partial charge in [0.05, 0.1) is 6.61 Å². The Morgan fingerprint density at radius 3 is 2.74 bits per heavy atom. The second-order valence-corrected chi connectivity index (χ2v) is 6.90. The number of hydrogen-bond acceptors (Lipinski definition) is 4. The first-order chi connectivity index (χ1) is 12.6. The quantitative estimate of drug-likeness (QED) is 0.350. The van der Waals surface area contributed by atoms with E-state index >= 15 is 0 Å². The molecule has 0 unspecified atom stereocenters. The number of nitrogens with zero attached hydrogens (tertiary/aromatic N) is 3. The molecule has 7 heteroatoms. The van der Waals surface area contributed by atoms with Crippen molar-refractivity contribution in [3.63, 3.8) is 0 Å². The SMILES string of the molecule is CCOc1cc(C)ccc1CNC(=NC)NCCN1CCCN(C)CC1.I. The second-order valence-electron chi connectivity index (χ2n) is 6.90. The normalized spacial score (nSPS) is 16.4. The van der Waals surface area contributed by atoms with Gasteiger partial charge in [0.2, 0.25) is 0 Å². The van der Waals surface area contributed by atoms with E-state index in [9.17, 15) is 0 Å². The molecule has 0 aromatic heterocycles. The maximum absolute atomic E-state index is 5.75. The Balaban J connectivity index is 0.00000364. The summed E-state index contributed by atoms with van der Waals surface area (Å²) >= 11 is 0. The lowest BCUT2D eigenvalue weighted by Crippen LogP contribution is -2.42. The Morgan fingerprint density at radius 1 is 1.19 bits per heavy atom. The van der Waals surface area contributed by atoms with E-state index in [1.807, 2.05) is 14.0 Å². The summed E-state index contributed by atoms with van der Waals surface area (Å²) in [5.41, 5.74) is 2.36. The molecular weight excluding hydrogens is 453 g/mol. The van der Waals surface area contributed by atoms with Crippen molar-refractivity contribution in [2.24, 2.45) is 4.99 Å². The standard InChI is InChI=1S/C20H35N5O.HI/c1-5-26-19-15-17(2)7-8-18(19)16-23-20(21-3)22-9-12-25-11-6-10-24(4)13-14-25;/h7-8,15H,5-6,9-14,16H2,1-4H3,(H2,21,22,23);1H. The number of ether oxygens (including phenoxy) is 1. The zero-order chi connectivity index (χ0) is 18.8. The molecule has 1 fully saturated rings. The largest absolute Gasteiger partial charge is 0.494 e. The van der Waals surface area contributed by atoms with Crippen molar-refractivity contribution in [1.29, 1.82) is 0 Å². The van der Waals surface area contributed by atoms with Gasteiger partial charge in [-0.2, -0.15) is 0 Å². The average molecular weight is 489 g/mol. The van der Waals surface area contributed by atoms with Crippen LogP contribution in [0.25, 0.3) is 0 Å². The molecular formula is C20H36IN5O. The highest BCUT2D eigenvalue weighted by molar-refractivity contribution is 14.0. The van der Waals surface area contributed by atoms with Crippen LogP contribution in [-0.2, 0) is 6.54 Å². The number of rotatable bonds is 7. The summed E-state index contributed by atoms with van der Waals surface area (Å²) in [5.74, 6) is 1.78. The number of hydrogen-bond donors (Lipinski definition) is 2. The molecule has 2 N–H and O–H groups in total. The van der Waals surface area contributed by atoms with Crippen molar-refractivity contribution in [3.05, 3.63) is 29.3 Å². The van der Waals surface area contributed by atoms with Crippen molar-refractivity contribution in [2.75, 3.05) is 60.0 Å². The Labute approximate surface area is 181 Å². The summed E-state index contributed by atoms with van der Waals surface area (Å²) in [4.78, 5) is 9.27. The zero-order valence-electron chi connectivity index (χ0n) is 17.3. The monoisotopic (exact) mass is 489 g/mol. The second kappa shape index (κ2) is 13.2. The van der Waals surface area contributed by atoms with E-state index < -0.39 is 0 Å². The molecule has 6 nitrogen and oxygen atoms in total. The van der Waals surface area contributed by atoms with Gasteiger partial charge in [0.1, 0.15) is 5.75 Å². The molecule has 1 aromatic rings. The minimum Gasteiger partial charge on any atom is -0.494 e. The fourth-order valence-electron chi connectivity index (χ4n) is 3.15. The minimum absolute atomic E-state index is 0. The molecule has 0 amide bonds. The average Bonchev–Trinajstić information content (AvgIpc) is 2.84. The van der Waals surface area contributed by atoms with Crippen LogP contribution in [0.2, 0.25) is 0 Å². The summed E-state index contributed by atoms with van der Waals surface area (Å²) in [6, 6.07) is 6.33. The van der Waals surface area contributed by atoms with Gasteiger partial charge in [-0.1, -0.05) is 12.1 Å². The van der Waals surface area contributed by atoms with Gasteiger partial charge >= 0.3 is 0 Å². The number of benzene rings is 1. The van der Waals surface area contributed by atoms with Gasteiger partial charge in [0.15, 0.2) is 5.96 Å². The van der Waals surface area contributed by atoms with Crippen molar-refractivity contribution in [1.82, 2.24) is 20.4 Å². The Morgan fingerprint density at radius 2 is 2.00 bits per heavy atom. The molecule has 0 saturated carbocycles. The lowest BCUT2D eigenvalue weighted by Gasteiger charge is -2.21. The van der Waals surface area contributed by atoms with Crippen molar-refractivity contribution in [3.8, 4) is 5.75 Å². The van der Waals surface area contributed by atoms with Crippen LogP contribution < -0.4 is 15.4 Å². The molecule has 2 rings (SSSR count). The maximum atomic E-state index is 5.75. The highest BCUT2D eigenvalue weighted by atomic mass is 127. The molecule has 0 spiro atoms. The summed E-state index contributed by atoms with van der Waals surface area (Å²) in [6.07, 6.45) is 1.25. The molecule has 1 heterocycles. The third kappa shape index (κ3) is 8.66. The van der Waals surface area contributed by atoms with Crippen LogP contribution in [0.4, 0.5) is 0 Å². The number of aryl methyl sites for hydroxylation is 1. The zero-order valence-corrected chi connectivity index (χ0v) is 19.6. The summed E-state index contributed by atoms with van der Waals surface area (Å²) in [6.45, 7) is 12.1. The van der Waals surface area contributed by atoms with Crippen LogP contribution in [-0.4, -0.2) is 75.7 Å². The van der Waals surface area contributed by atoms with E-state index in [1.54, 1.807) is 0 Å². The Bertz CT molecular complexity index is 581. The van der Waals surface area contributed by atoms with Gasteiger partial charge < -0.3 is 25.2 Å². The molecule has 27 heavy (non-hydrogen) atoms. The molecule has 0 bridgehead atoms. The molecule has 1 aliphatic heterocycles. The lowest BCUT2D eigenvalue weighted by atomic mass is 10.1. The fourth-order valence-corrected chi connectivity index (χ4v) is 3.15. The molecule has 0 aliphatic carbocycles. The minimum atomic E-state index is 0. The van der Waals surface area contributed by atoms with Crippen molar-refractivity contribution < 1.29 is 4.74 Å². The first-order valence-electron chi connectivity index (χ1n) is 9.70. The summed E-state index contributed by atoms with van der Waals surface area (Å²) < 4.78 is 5.75. The van der Waals surface area contributed by atoms with Crippen LogP contribution in [0.5, 0.6) is 5.75 Å². The highest BCUT2D eigenvalue weighted by Gasteiger charge is 2.11. The molecule has 1 saturated heterocycles. The smallest absolute Gasteiger partial charge is 0.191 e. The van der Waals surface area contributed by atoms with Gasteiger partial charge in [-0.25, -0.2) is 0 Å². The van der Waals surface area contributed by atoms with Gasteiger partial charge in [-0.05, 0) is 52.0 Å². The van der Waals surface area contributed by atoms with Gasteiger partial charge in [-0.3, -0.25) is 4.99 Å². The number of guanidine groups is 1. The van der Waals surface area contributed by atoms with Crippen LogP contribution in [0.15, 0.2) is 23.2 Å². The van der Waals surface area contributed by atoms with Crippen LogP contribution >= 0.6 is 24.0 Å². The Kier molecular flexibility index (Phi) is 11.7. The van der Waals surface area contributed by atoms with E-state index in [0.717, 1.165) is 43.5 Å². The van der Waals surface area contributed by atoms with E-state index in [2.05, 4.69) is 57.6 Å². The molecule has 154 valence electrons. The van der Waals surface area contributed by atoms with Gasteiger partial charge in [0, 0.05) is 45.3 Å². The van der Waals surface area contributed by atoms with Crippen molar-refractivity contribution >= 4 is 29.9 Å². The van der Waals surface area contributed by atoms with Crippen LogP contribution in [0.1, 0.15) is 24.5 Å². The first-order valence-corrected chi connectivity index (χ1v) is 9.70. The predicted molar refractivity (Wildman–Crippen MR) is 125 cm³/mol. The van der Waals surface area contributed by atoms with Gasteiger partial charge in [-0.15, -0.1) is 24.0 Å². The Hall–Kier alpha value is -1.06. The lowest BCUT2D eigenvalue weighted by molar-refractivity contribution is 0.280. The number of nitrogens with one attached hydrogen (secondary N) is 2. The molecule has 0 radical (unpaired) electrons. The van der Waals surface area contributed by atoms with Gasteiger partial charge in [0.25, 0.3) is 0 Å². The third-order valence-electron chi connectivity index (χ3n) is 4.72. The third-order valence-corrected chi connectivity index (χ3v) is 4.72. The first kappa shape index (κ1) is 24.0. The topological polar surface area (TPSA) is 52.1 Å². The van der Waals surface area contributed by atoms with Crippen molar-refractivity contribution in [2.45, 2.75) is 26.8 Å². The number of halogens is 1. The summed E-state index contributed by atoms with van der Waals surface area (Å²) in [5, 5.41) is 6.82. The summed E-state index contributed by atoms with van der Waals surface area (Å²) in [7, 11) is 4.02. The van der Waals surface area contributed by atoms with E-state index in [1.165, 1.54) is 25.1 Å². The number of likely N-dealkylation sites (N-methyl/N-ethyl adjacent to an activating group) is 1. The molecule has 1 aliphatic rings. The molecule has 1 aromatic carbocycles. The molecule has 0 atom stereocenters. The van der Waals surface area contributed by atoms with Crippen LogP contribution in [0, 0.1) is 6.92 Å². The van der Waals surface area contributed by atoms with Crippen LogP contribution in [0.3, 0.4) is 0 Å².